The number of fused-ring (bicyclic) bond motifs is 1. The number of nitrogens with zero attached hydrogens (tertiary/aromatic N) is 3. The number of hydrogen-bond acceptors (Lipinski definition) is 5. The van der Waals surface area contributed by atoms with Gasteiger partial charge in [0.05, 0.1) is 23.3 Å². The van der Waals surface area contributed by atoms with Crippen molar-refractivity contribution < 1.29 is 4.42 Å². The Morgan fingerprint density at radius 3 is 2.95 bits per heavy atom. The highest BCUT2D eigenvalue weighted by atomic mass is 32.2. The summed E-state index contributed by atoms with van der Waals surface area (Å²) in [5.74, 6) is 2.04. The maximum atomic E-state index is 12.1. The molecule has 19 heavy (non-hydrogen) atoms. The van der Waals surface area contributed by atoms with Crippen LogP contribution in [0.3, 0.4) is 0 Å². The Morgan fingerprint density at radius 1 is 1.21 bits per heavy atom. The normalized spacial score (nSPS) is 10.9. The van der Waals surface area contributed by atoms with Crippen LogP contribution in [-0.4, -0.2) is 15.0 Å². The zero-order chi connectivity index (χ0) is 13.1. The number of aromatic nitrogens is 3. The van der Waals surface area contributed by atoms with Crippen molar-refractivity contribution in [1.82, 2.24) is 15.0 Å². The lowest BCUT2D eigenvalue weighted by molar-refractivity contribution is 0.529. The molecule has 0 spiro atoms. The Balaban J connectivity index is 1.78. The molecule has 0 unspecified atom stereocenters. The first-order valence-electron chi connectivity index (χ1n) is 5.77. The molecule has 2 aromatic heterocycles. The van der Waals surface area contributed by atoms with Gasteiger partial charge >= 0.3 is 0 Å². The number of benzene rings is 1. The summed E-state index contributed by atoms with van der Waals surface area (Å²) in [5.41, 5.74) is 0.511. The lowest BCUT2D eigenvalue weighted by Crippen LogP contribution is -2.23. The van der Waals surface area contributed by atoms with Crippen LogP contribution in [0.15, 0.2) is 51.9 Å². The van der Waals surface area contributed by atoms with E-state index in [0.29, 0.717) is 22.5 Å². The Hall–Kier alpha value is -2.08. The molecule has 0 saturated heterocycles. The molecule has 0 bridgehead atoms. The predicted octanol–water partition coefficient (Wildman–Crippen LogP) is 2.28. The van der Waals surface area contributed by atoms with Gasteiger partial charge in [-0.2, -0.15) is 0 Å². The third-order valence-corrected chi connectivity index (χ3v) is 3.58. The monoisotopic (exact) mass is 273 g/mol. The Kier molecular flexibility index (Phi) is 3.33. The van der Waals surface area contributed by atoms with Crippen LogP contribution < -0.4 is 5.56 Å². The molecular formula is C13H11N3O2S. The van der Waals surface area contributed by atoms with Crippen LogP contribution in [0.1, 0.15) is 5.76 Å². The predicted molar refractivity (Wildman–Crippen MR) is 73.8 cm³/mol. The lowest BCUT2D eigenvalue weighted by atomic mass is 10.2. The quantitative estimate of drug-likeness (QED) is 0.729. The molecule has 0 aliphatic heterocycles. The average Bonchev–Trinajstić information content (AvgIpc) is 2.95. The highest BCUT2D eigenvalue weighted by Crippen LogP contribution is 2.13. The van der Waals surface area contributed by atoms with Crippen LogP contribution >= 0.6 is 11.8 Å². The van der Waals surface area contributed by atoms with E-state index in [1.54, 1.807) is 30.2 Å². The average molecular weight is 273 g/mol. The van der Waals surface area contributed by atoms with Crippen LogP contribution in [0.5, 0.6) is 0 Å². The second kappa shape index (κ2) is 5.27. The molecule has 0 amide bonds. The highest BCUT2D eigenvalue weighted by Gasteiger charge is 2.05. The molecule has 0 aliphatic carbocycles. The topological polar surface area (TPSA) is 60.9 Å². The fourth-order valence-electron chi connectivity index (χ4n) is 1.74. The third-order valence-electron chi connectivity index (χ3n) is 2.67. The molecule has 0 aliphatic rings. The first kappa shape index (κ1) is 12.0. The first-order chi connectivity index (χ1) is 9.34. The van der Waals surface area contributed by atoms with Crippen molar-refractivity contribution in [1.29, 1.82) is 0 Å². The summed E-state index contributed by atoms with van der Waals surface area (Å²) < 4.78 is 6.60. The standard InChI is InChI=1S/C13H11N3O2S/c17-13-11-5-1-2-6-12(11)14-15-16(13)9-19-8-10-4-3-7-18-10/h1-7H,8-9H2. The number of hydrogen-bond donors (Lipinski definition) is 0. The molecule has 0 saturated carbocycles. The number of furan rings is 1. The molecule has 0 N–H and O–H groups in total. The molecule has 1 aromatic carbocycles. The second-order valence-corrected chi connectivity index (χ2v) is 4.92. The summed E-state index contributed by atoms with van der Waals surface area (Å²) in [4.78, 5) is 12.1. The van der Waals surface area contributed by atoms with E-state index in [4.69, 9.17) is 4.42 Å². The summed E-state index contributed by atoms with van der Waals surface area (Å²) in [6.45, 7) is 0. The SMILES string of the molecule is O=c1c2ccccc2nnn1CSCc1ccco1. The molecule has 3 aromatic rings. The van der Waals surface area contributed by atoms with Crippen molar-refractivity contribution in [2.75, 3.05) is 0 Å². The van der Waals surface area contributed by atoms with Crippen molar-refractivity contribution in [3.8, 4) is 0 Å². The molecule has 96 valence electrons. The van der Waals surface area contributed by atoms with Gasteiger partial charge in [-0.15, -0.1) is 16.9 Å². The zero-order valence-corrected chi connectivity index (χ0v) is 10.8. The first-order valence-corrected chi connectivity index (χ1v) is 6.93. The molecule has 2 heterocycles. The lowest BCUT2D eigenvalue weighted by Gasteiger charge is -2.03. The van der Waals surface area contributed by atoms with Gasteiger partial charge in [-0.05, 0) is 24.3 Å². The third kappa shape index (κ3) is 2.53. The van der Waals surface area contributed by atoms with E-state index in [2.05, 4.69) is 10.3 Å². The van der Waals surface area contributed by atoms with Crippen LogP contribution in [0.25, 0.3) is 10.9 Å². The molecular weight excluding hydrogens is 262 g/mol. The van der Waals surface area contributed by atoms with E-state index < -0.39 is 0 Å². The molecule has 6 heteroatoms. The smallest absolute Gasteiger partial charge is 0.278 e. The minimum Gasteiger partial charge on any atom is -0.468 e. The van der Waals surface area contributed by atoms with Gasteiger partial charge in [0.25, 0.3) is 5.56 Å². The maximum absolute atomic E-state index is 12.1. The van der Waals surface area contributed by atoms with E-state index in [0.717, 1.165) is 5.76 Å². The summed E-state index contributed by atoms with van der Waals surface area (Å²) in [6, 6.07) is 11.0. The molecule has 0 radical (unpaired) electrons. The molecule has 0 atom stereocenters. The highest BCUT2D eigenvalue weighted by molar-refractivity contribution is 7.97. The van der Waals surface area contributed by atoms with E-state index >= 15 is 0 Å². The maximum Gasteiger partial charge on any atom is 0.278 e. The van der Waals surface area contributed by atoms with Gasteiger partial charge in [-0.3, -0.25) is 4.79 Å². The second-order valence-electron chi connectivity index (χ2n) is 3.97. The summed E-state index contributed by atoms with van der Waals surface area (Å²) >= 11 is 1.55. The van der Waals surface area contributed by atoms with Crippen molar-refractivity contribution in [3.63, 3.8) is 0 Å². The van der Waals surface area contributed by atoms with Crippen molar-refractivity contribution in [3.05, 3.63) is 58.8 Å². The van der Waals surface area contributed by atoms with Crippen LogP contribution in [0.4, 0.5) is 0 Å². The Bertz CT molecular complexity index is 737. The fraction of sp³-hybridized carbons (Fsp3) is 0.154. The Morgan fingerprint density at radius 2 is 2.11 bits per heavy atom. The van der Waals surface area contributed by atoms with Crippen molar-refractivity contribution >= 4 is 22.7 Å². The van der Waals surface area contributed by atoms with Crippen molar-refractivity contribution in [2.45, 2.75) is 11.6 Å². The van der Waals surface area contributed by atoms with Gasteiger partial charge in [-0.25, -0.2) is 4.68 Å². The zero-order valence-electron chi connectivity index (χ0n) is 10.0. The minimum atomic E-state index is -0.113. The molecule has 0 fully saturated rings. The van der Waals surface area contributed by atoms with Crippen LogP contribution in [0.2, 0.25) is 0 Å². The summed E-state index contributed by atoms with van der Waals surface area (Å²) in [5, 5.41) is 8.56. The van der Waals surface area contributed by atoms with Gasteiger partial charge in [0, 0.05) is 0 Å². The largest absolute Gasteiger partial charge is 0.468 e. The summed E-state index contributed by atoms with van der Waals surface area (Å²) in [6.07, 6.45) is 1.64. The minimum absolute atomic E-state index is 0.113. The van der Waals surface area contributed by atoms with E-state index in [1.165, 1.54) is 4.68 Å². The van der Waals surface area contributed by atoms with Crippen molar-refractivity contribution in [2.24, 2.45) is 0 Å². The molecule has 3 rings (SSSR count). The van der Waals surface area contributed by atoms with E-state index in [-0.39, 0.29) is 5.56 Å². The van der Waals surface area contributed by atoms with Crippen LogP contribution in [-0.2, 0) is 11.6 Å². The van der Waals surface area contributed by atoms with Gasteiger partial charge in [-0.1, -0.05) is 17.3 Å². The van der Waals surface area contributed by atoms with Crippen LogP contribution in [0, 0.1) is 0 Å². The number of thioether (sulfide) groups is 1. The Labute approximate surface area is 113 Å². The summed E-state index contributed by atoms with van der Waals surface area (Å²) in [7, 11) is 0. The van der Waals surface area contributed by atoms with E-state index in [1.807, 2.05) is 24.3 Å². The van der Waals surface area contributed by atoms with Gasteiger partial charge < -0.3 is 4.42 Å². The molecule has 5 nitrogen and oxygen atoms in total. The van der Waals surface area contributed by atoms with Gasteiger partial charge in [0.1, 0.15) is 11.3 Å². The van der Waals surface area contributed by atoms with Gasteiger partial charge in [0.2, 0.25) is 0 Å². The van der Waals surface area contributed by atoms with Gasteiger partial charge in [0.15, 0.2) is 0 Å². The fourth-order valence-corrected chi connectivity index (χ4v) is 2.53. The van der Waals surface area contributed by atoms with E-state index in [9.17, 15) is 4.79 Å². The number of rotatable bonds is 4.